The first-order chi connectivity index (χ1) is 9.60. The molecule has 1 amide bonds. The number of rotatable bonds is 5. The van der Waals surface area contributed by atoms with Gasteiger partial charge in [-0.3, -0.25) is 4.79 Å². The molecule has 0 spiro atoms. The number of carbonyl (C=O) groups is 2. The summed E-state index contributed by atoms with van der Waals surface area (Å²) in [5.74, 6) is -0.914. The molecule has 0 aliphatic rings. The number of hydrogen-bond acceptors (Lipinski definition) is 2. The molecule has 0 saturated heterocycles. The van der Waals surface area contributed by atoms with Gasteiger partial charge in [0.1, 0.15) is 0 Å². The van der Waals surface area contributed by atoms with E-state index in [1.165, 1.54) is 6.07 Å². The highest BCUT2D eigenvalue weighted by Gasteiger charge is 2.19. The third-order valence-electron chi connectivity index (χ3n) is 3.26. The lowest BCUT2D eigenvalue weighted by Crippen LogP contribution is -2.20. The molecule has 1 atom stereocenters. The largest absolute Gasteiger partial charge is 0.478 e. The number of para-hydroxylation sites is 1. The highest BCUT2D eigenvalue weighted by atomic mass is 16.4. The summed E-state index contributed by atoms with van der Waals surface area (Å²) < 4.78 is 0. The number of aromatic carboxylic acids is 1. The Morgan fingerprint density at radius 3 is 2.43 bits per heavy atom. The first-order valence-corrected chi connectivity index (χ1v) is 7.23. The van der Waals surface area contributed by atoms with Gasteiger partial charge in [-0.2, -0.15) is 0 Å². The molecule has 0 heterocycles. The molecule has 1 aromatic rings. The molecule has 0 radical (unpaired) electrons. The average Bonchev–Trinajstić information content (AvgIpc) is 2.28. The van der Waals surface area contributed by atoms with Gasteiger partial charge in [0.25, 0.3) is 0 Å². The van der Waals surface area contributed by atoms with Crippen LogP contribution in [0.3, 0.4) is 0 Å². The number of carbonyl (C=O) groups excluding carboxylic acids is 1. The van der Waals surface area contributed by atoms with Gasteiger partial charge in [0.05, 0.1) is 11.3 Å². The molecule has 1 unspecified atom stereocenters. The molecule has 0 bridgehead atoms. The Morgan fingerprint density at radius 2 is 1.90 bits per heavy atom. The Kier molecular flexibility index (Phi) is 5.53. The SMILES string of the molecule is Cc1cccc(C(=O)O)c1NC(=O)CC(C)CC(C)(C)C. The van der Waals surface area contributed by atoms with Crippen molar-refractivity contribution in [2.75, 3.05) is 5.32 Å². The van der Waals surface area contributed by atoms with E-state index in [4.69, 9.17) is 0 Å². The Labute approximate surface area is 126 Å². The van der Waals surface area contributed by atoms with Crippen LogP contribution in [0.25, 0.3) is 0 Å². The van der Waals surface area contributed by atoms with E-state index in [1.54, 1.807) is 19.1 Å². The zero-order chi connectivity index (χ0) is 16.2. The molecule has 0 aliphatic carbocycles. The average molecular weight is 291 g/mol. The van der Waals surface area contributed by atoms with Crippen molar-refractivity contribution in [1.29, 1.82) is 0 Å². The number of carboxylic acid groups (broad SMARTS) is 1. The zero-order valence-corrected chi connectivity index (χ0v) is 13.5. The minimum atomic E-state index is -1.03. The summed E-state index contributed by atoms with van der Waals surface area (Å²) in [7, 11) is 0. The highest BCUT2D eigenvalue weighted by Crippen LogP contribution is 2.27. The smallest absolute Gasteiger partial charge is 0.337 e. The minimum absolute atomic E-state index is 0.131. The van der Waals surface area contributed by atoms with Crippen molar-refractivity contribution >= 4 is 17.6 Å². The summed E-state index contributed by atoms with van der Waals surface area (Å²) >= 11 is 0. The molecule has 4 heteroatoms. The fraction of sp³-hybridized carbons (Fsp3) is 0.529. The molecule has 1 rings (SSSR count). The van der Waals surface area contributed by atoms with Crippen LogP contribution in [0.4, 0.5) is 5.69 Å². The summed E-state index contributed by atoms with van der Waals surface area (Å²) in [5, 5.41) is 11.9. The number of aryl methyl sites for hydroxylation is 1. The van der Waals surface area contributed by atoms with Gasteiger partial charge >= 0.3 is 5.97 Å². The number of nitrogens with one attached hydrogen (secondary N) is 1. The lowest BCUT2D eigenvalue weighted by Gasteiger charge is -2.23. The lowest BCUT2D eigenvalue weighted by molar-refractivity contribution is -0.117. The Balaban J connectivity index is 2.78. The fourth-order valence-electron chi connectivity index (χ4n) is 2.64. The predicted molar refractivity (Wildman–Crippen MR) is 84.6 cm³/mol. The van der Waals surface area contributed by atoms with E-state index in [0.29, 0.717) is 12.1 Å². The maximum Gasteiger partial charge on any atom is 0.337 e. The fourth-order valence-corrected chi connectivity index (χ4v) is 2.64. The van der Waals surface area contributed by atoms with Crippen LogP contribution < -0.4 is 5.32 Å². The zero-order valence-electron chi connectivity index (χ0n) is 13.5. The van der Waals surface area contributed by atoms with E-state index in [2.05, 4.69) is 26.1 Å². The third-order valence-corrected chi connectivity index (χ3v) is 3.26. The van der Waals surface area contributed by atoms with Gasteiger partial charge in [-0.25, -0.2) is 4.79 Å². The van der Waals surface area contributed by atoms with E-state index in [-0.39, 0.29) is 22.8 Å². The van der Waals surface area contributed by atoms with Crippen LogP contribution in [0.1, 0.15) is 56.5 Å². The second kappa shape index (κ2) is 6.74. The third kappa shape index (κ3) is 5.58. The van der Waals surface area contributed by atoms with E-state index < -0.39 is 5.97 Å². The van der Waals surface area contributed by atoms with Crippen molar-refractivity contribution in [3.8, 4) is 0 Å². The molecule has 4 nitrogen and oxygen atoms in total. The summed E-state index contributed by atoms with van der Waals surface area (Å²) in [6, 6.07) is 4.97. The summed E-state index contributed by atoms with van der Waals surface area (Å²) in [4.78, 5) is 23.3. The summed E-state index contributed by atoms with van der Waals surface area (Å²) in [5.41, 5.74) is 1.46. The van der Waals surface area contributed by atoms with Crippen molar-refractivity contribution in [3.63, 3.8) is 0 Å². The second-order valence-corrected chi connectivity index (χ2v) is 6.92. The maximum atomic E-state index is 12.1. The highest BCUT2D eigenvalue weighted by molar-refractivity contribution is 6.01. The molecule has 1 aromatic carbocycles. The molecular weight excluding hydrogens is 266 g/mol. The van der Waals surface area contributed by atoms with Crippen LogP contribution in [0.15, 0.2) is 18.2 Å². The van der Waals surface area contributed by atoms with Gasteiger partial charge in [0.15, 0.2) is 0 Å². The monoisotopic (exact) mass is 291 g/mol. The Morgan fingerprint density at radius 1 is 1.29 bits per heavy atom. The van der Waals surface area contributed by atoms with Crippen molar-refractivity contribution in [2.24, 2.45) is 11.3 Å². The van der Waals surface area contributed by atoms with Crippen molar-refractivity contribution < 1.29 is 14.7 Å². The number of anilines is 1. The van der Waals surface area contributed by atoms with Crippen LogP contribution in [-0.2, 0) is 4.79 Å². The molecule has 116 valence electrons. The Bertz CT molecular complexity index is 529. The lowest BCUT2D eigenvalue weighted by atomic mass is 9.84. The first-order valence-electron chi connectivity index (χ1n) is 7.23. The maximum absolute atomic E-state index is 12.1. The second-order valence-electron chi connectivity index (χ2n) is 6.92. The minimum Gasteiger partial charge on any atom is -0.478 e. The van der Waals surface area contributed by atoms with Gasteiger partial charge in [-0.05, 0) is 36.3 Å². The molecule has 0 fully saturated rings. The van der Waals surface area contributed by atoms with Crippen molar-refractivity contribution in [1.82, 2.24) is 0 Å². The van der Waals surface area contributed by atoms with Gasteiger partial charge in [0.2, 0.25) is 5.91 Å². The summed E-state index contributed by atoms with van der Waals surface area (Å²) in [6.45, 7) is 10.3. The van der Waals surface area contributed by atoms with Gasteiger partial charge < -0.3 is 10.4 Å². The van der Waals surface area contributed by atoms with Crippen LogP contribution >= 0.6 is 0 Å². The van der Waals surface area contributed by atoms with E-state index in [0.717, 1.165) is 12.0 Å². The van der Waals surface area contributed by atoms with E-state index in [1.807, 2.05) is 6.92 Å². The number of hydrogen-bond donors (Lipinski definition) is 2. The molecule has 0 aliphatic heterocycles. The number of benzene rings is 1. The van der Waals surface area contributed by atoms with Crippen LogP contribution in [-0.4, -0.2) is 17.0 Å². The van der Waals surface area contributed by atoms with E-state index in [9.17, 15) is 14.7 Å². The van der Waals surface area contributed by atoms with Gasteiger partial charge in [-0.15, -0.1) is 0 Å². The topological polar surface area (TPSA) is 66.4 Å². The quantitative estimate of drug-likeness (QED) is 0.858. The normalized spacial score (nSPS) is 12.8. The first kappa shape index (κ1) is 17.2. The van der Waals surface area contributed by atoms with Gasteiger partial charge in [-0.1, -0.05) is 39.8 Å². The molecule has 21 heavy (non-hydrogen) atoms. The van der Waals surface area contributed by atoms with Crippen molar-refractivity contribution in [2.45, 2.75) is 47.5 Å². The summed E-state index contributed by atoms with van der Waals surface area (Å²) in [6.07, 6.45) is 1.34. The van der Waals surface area contributed by atoms with Gasteiger partial charge in [0, 0.05) is 6.42 Å². The number of amides is 1. The molecular formula is C17H25NO3. The predicted octanol–water partition coefficient (Wildman–Crippen LogP) is 4.09. The standard InChI is InChI=1S/C17H25NO3/c1-11(10-17(3,4)5)9-14(19)18-15-12(2)7-6-8-13(15)16(20)21/h6-8,11H,9-10H2,1-5H3,(H,18,19)(H,20,21). The Hall–Kier alpha value is -1.84. The van der Waals surface area contributed by atoms with Crippen LogP contribution in [0.2, 0.25) is 0 Å². The van der Waals surface area contributed by atoms with Crippen molar-refractivity contribution in [3.05, 3.63) is 29.3 Å². The molecule has 2 N–H and O–H groups in total. The molecule has 0 aromatic heterocycles. The number of carboxylic acids is 1. The van der Waals surface area contributed by atoms with E-state index >= 15 is 0 Å². The van der Waals surface area contributed by atoms with Crippen LogP contribution in [0, 0.1) is 18.3 Å². The van der Waals surface area contributed by atoms with Crippen LogP contribution in [0.5, 0.6) is 0 Å². The molecule has 0 saturated carbocycles.